The summed E-state index contributed by atoms with van der Waals surface area (Å²) in [7, 11) is 0. The molecule has 1 aromatic heterocycles. The minimum atomic E-state index is -1.06. The van der Waals surface area contributed by atoms with Crippen molar-refractivity contribution in [3.8, 4) is 0 Å². The molecule has 7 nitrogen and oxygen atoms in total. The van der Waals surface area contributed by atoms with Gasteiger partial charge in [0.25, 0.3) is 0 Å². The van der Waals surface area contributed by atoms with Gasteiger partial charge in [0.2, 0.25) is 0 Å². The van der Waals surface area contributed by atoms with Crippen LogP contribution < -0.4 is 10.2 Å². The zero-order valence-corrected chi connectivity index (χ0v) is 15.9. The summed E-state index contributed by atoms with van der Waals surface area (Å²) in [6, 6.07) is 1.50. The number of amides is 1. The molecule has 1 saturated heterocycles. The fraction of sp³-hybridized carbons (Fsp3) is 0.588. The van der Waals surface area contributed by atoms with Gasteiger partial charge in [0.05, 0.1) is 16.8 Å². The molecule has 2 heterocycles. The number of aromatic nitrogens is 1. The smallest absolute Gasteiger partial charge is 0.408 e. The van der Waals surface area contributed by atoms with Crippen molar-refractivity contribution in [2.45, 2.75) is 52.2 Å². The Balaban J connectivity index is 2.20. The fourth-order valence-electron chi connectivity index (χ4n) is 2.90. The van der Waals surface area contributed by atoms with E-state index in [1.54, 1.807) is 27.7 Å². The lowest BCUT2D eigenvalue weighted by Crippen LogP contribution is -2.49. The van der Waals surface area contributed by atoms with E-state index in [2.05, 4.69) is 10.3 Å². The van der Waals surface area contributed by atoms with Crippen molar-refractivity contribution in [3.63, 3.8) is 0 Å². The number of carbonyl (C=O) groups is 2. The third-order valence-corrected chi connectivity index (χ3v) is 4.16. The number of rotatable bonds is 3. The Morgan fingerprint density at radius 1 is 1.44 bits per heavy atom. The highest BCUT2D eigenvalue weighted by Gasteiger charge is 2.38. The zero-order chi connectivity index (χ0) is 19.0. The van der Waals surface area contributed by atoms with Gasteiger partial charge in [0, 0.05) is 18.8 Å². The first-order valence-electron chi connectivity index (χ1n) is 8.07. The molecule has 0 spiro atoms. The van der Waals surface area contributed by atoms with Crippen molar-refractivity contribution < 1.29 is 19.4 Å². The number of ether oxygens (including phenoxy) is 1. The lowest BCUT2D eigenvalue weighted by atomic mass is 10.0. The molecule has 1 fully saturated rings. The molecule has 0 aromatic carbocycles. The number of nitrogens with one attached hydrogen (secondary N) is 1. The molecule has 2 rings (SSSR count). The third kappa shape index (κ3) is 4.75. The number of halogens is 1. The van der Waals surface area contributed by atoms with Crippen LogP contribution >= 0.6 is 11.6 Å². The quantitative estimate of drug-likeness (QED) is 0.795. The fourth-order valence-corrected chi connectivity index (χ4v) is 3.25. The van der Waals surface area contributed by atoms with Gasteiger partial charge in [-0.1, -0.05) is 11.6 Å². The van der Waals surface area contributed by atoms with Crippen LogP contribution in [0, 0.1) is 6.92 Å². The number of alkyl carbamates (subject to hydrolysis) is 1. The average molecular weight is 370 g/mol. The molecule has 8 heteroatoms. The van der Waals surface area contributed by atoms with Crippen molar-refractivity contribution in [2.75, 3.05) is 18.0 Å². The van der Waals surface area contributed by atoms with Crippen LogP contribution in [0.5, 0.6) is 0 Å². The van der Waals surface area contributed by atoms with Crippen LogP contribution in [0.3, 0.4) is 0 Å². The maximum absolute atomic E-state index is 12.1. The summed E-state index contributed by atoms with van der Waals surface area (Å²) in [6.45, 7) is 9.95. The minimum absolute atomic E-state index is 0.110. The third-order valence-electron chi connectivity index (χ3n) is 3.90. The highest BCUT2D eigenvalue weighted by Crippen LogP contribution is 2.34. The summed E-state index contributed by atoms with van der Waals surface area (Å²) in [4.78, 5) is 29.7. The molecule has 0 unspecified atom stereocenters. The number of nitrogens with zero attached hydrogens (tertiary/aromatic N) is 2. The van der Waals surface area contributed by atoms with Gasteiger partial charge in [-0.15, -0.1) is 0 Å². The Hall–Kier alpha value is -2.02. The molecule has 1 atom stereocenters. The molecule has 0 radical (unpaired) electrons. The van der Waals surface area contributed by atoms with E-state index in [1.807, 2.05) is 11.8 Å². The van der Waals surface area contributed by atoms with E-state index in [9.17, 15) is 14.7 Å². The highest BCUT2D eigenvalue weighted by atomic mass is 35.5. The van der Waals surface area contributed by atoms with E-state index in [1.165, 1.54) is 6.07 Å². The first kappa shape index (κ1) is 19.3. The second-order valence-electron chi connectivity index (χ2n) is 7.61. The van der Waals surface area contributed by atoms with Crippen molar-refractivity contribution >= 4 is 29.4 Å². The van der Waals surface area contributed by atoms with E-state index >= 15 is 0 Å². The molecule has 138 valence electrons. The topological polar surface area (TPSA) is 91.8 Å². The number of carboxylic acids is 1. The number of hydrogen-bond donors (Lipinski definition) is 2. The van der Waals surface area contributed by atoms with Crippen LogP contribution in [0.4, 0.5) is 10.5 Å². The Labute approximate surface area is 152 Å². The van der Waals surface area contributed by atoms with E-state index < -0.39 is 23.2 Å². The average Bonchev–Trinajstić information content (AvgIpc) is 2.76. The van der Waals surface area contributed by atoms with E-state index in [0.29, 0.717) is 30.9 Å². The number of hydrogen-bond acceptors (Lipinski definition) is 5. The normalized spacial score (nSPS) is 20.5. The summed E-state index contributed by atoms with van der Waals surface area (Å²) < 4.78 is 5.31. The number of pyridine rings is 1. The monoisotopic (exact) mass is 369 g/mol. The molecular formula is C17H24ClN3O4. The minimum Gasteiger partial charge on any atom is -0.478 e. The summed E-state index contributed by atoms with van der Waals surface area (Å²) in [5.41, 5.74) is -0.0976. The second kappa shape index (κ2) is 6.71. The van der Waals surface area contributed by atoms with Crippen LogP contribution in [0.2, 0.25) is 5.15 Å². The number of carbonyl (C=O) groups excluding carboxylic acids is 1. The van der Waals surface area contributed by atoms with E-state index in [0.717, 1.165) is 0 Å². The number of carboxylic acid groups (broad SMARTS) is 1. The van der Waals surface area contributed by atoms with Crippen LogP contribution in [0.1, 0.15) is 50.2 Å². The van der Waals surface area contributed by atoms with E-state index in [4.69, 9.17) is 16.3 Å². The van der Waals surface area contributed by atoms with Gasteiger partial charge >= 0.3 is 12.1 Å². The number of anilines is 1. The summed E-state index contributed by atoms with van der Waals surface area (Å²) in [5, 5.41) is 12.5. The van der Waals surface area contributed by atoms with Gasteiger partial charge in [0.1, 0.15) is 5.60 Å². The van der Waals surface area contributed by atoms with Crippen molar-refractivity contribution in [1.29, 1.82) is 0 Å². The molecule has 2 N–H and O–H groups in total. The van der Waals surface area contributed by atoms with Crippen molar-refractivity contribution in [3.05, 3.63) is 22.5 Å². The molecule has 1 aromatic rings. The summed E-state index contributed by atoms with van der Waals surface area (Å²) in [6.07, 6.45) is 0.138. The summed E-state index contributed by atoms with van der Waals surface area (Å²) >= 11 is 6.22. The Kier molecular flexibility index (Phi) is 5.18. The standard InChI is InChI=1S/C17H24ClN3O4/c1-10-8-11(14(22)23)12(13(18)19-10)21-7-6-17(5,9-21)20-15(24)25-16(2,3)4/h8H,6-7,9H2,1-5H3,(H,20,24)(H,22,23)/t17-/m0/s1. The molecule has 0 aliphatic carbocycles. The molecule has 1 aliphatic rings. The van der Waals surface area contributed by atoms with Crippen molar-refractivity contribution in [2.24, 2.45) is 0 Å². The lowest BCUT2D eigenvalue weighted by Gasteiger charge is -2.29. The molecule has 1 amide bonds. The van der Waals surface area contributed by atoms with Crippen LogP contribution in [0.15, 0.2) is 6.07 Å². The Bertz CT molecular complexity index is 702. The Morgan fingerprint density at radius 2 is 2.08 bits per heavy atom. The predicted molar refractivity (Wildman–Crippen MR) is 95.5 cm³/mol. The van der Waals surface area contributed by atoms with Gasteiger partial charge in [0.15, 0.2) is 5.15 Å². The lowest BCUT2D eigenvalue weighted by molar-refractivity contribution is 0.0472. The van der Waals surface area contributed by atoms with Gasteiger partial charge < -0.3 is 20.1 Å². The van der Waals surface area contributed by atoms with Gasteiger partial charge in [-0.3, -0.25) is 0 Å². The SMILES string of the molecule is Cc1cc(C(=O)O)c(N2CC[C@](C)(NC(=O)OC(C)(C)C)C2)c(Cl)n1. The van der Waals surface area contributed by atoms with Crippen LogP contribution in [0.25, 0.3) is 0 Å². The zero-order valence-electron chi connectivity index (χ0n) is 15.1. The Morgan fingerprint density at radius 3 is 2.64 bits per heavy atom. The van der Waals surface area contributed by atoms with Crippen LogP contribution in [-0.2, 0) is 4.74 Å². The largest absolute Gasteiger partial charge is 0.478 e. The summed E-state index contributed by atoms with van der Waals surface area (Å²) in [5.74, 6) is -1.06. The van der Waals surface area contributed by atoms with Crippen molar-refractivity contribution in [1.82, 2.24) is 10.3 Å². The maximum Gasteiger partial charge on any atom is 0.408 e. The molecule has 0 bridgehead atoms. The van der Waals surface area contributed by atoms with Gasteiger partial charge in [-0.05, 0) is 47.1 Å². The second-order valence-corrected chi connectivity index (χ2v) is 7.97. The predicted octanol–water partition coefficient (Wildman–Crippen LogP) is 3.24. The molecular weight excluding hydrogens is 346 g/mol. The maximum atomic E-state index is 12.1. The van der Waals surface area contributed by atoms with Gasteiger partial charge in [-0.25, -0.2) is 14.6 Å². The van der Waals surface area contributed by atoms with E-state index in [-0.39, 0.29) is 10.7 Å². The first-order chi connectivity index (χ1) is 11.4. The first-order valence-corrected chi connectivity index (χ1v) is 8.44. The molecule has 0 saturated carbocycles. The number of aromatic carboxylic acids is 1. The molecule has 25 heavy (non-hydrogen) atoms. The highest BCUT2D eigenvalue weighted by molar-refractivity contribution is 6.33. The molecule has 1 aliphatic heterocycles. The van der Waals surface area contributed by atoms with Gasteiger partial charge in [-0.2, -0.15) is 0 Å². The number of aryl methyl sites for hydroxylation is 1. The van der Waals surface area contributed by atoms with Crippen LogP contribution in [-0.4, -0.2) is 46.4 Å².